The molecule has 0 heterocycles. The average molecular weight is 230 g/mol. The molecule has 0 radical (unpaired) electrons. The van der Waals surface area contributed by atoms with E-state index in [4.69, 9.17) is 11.5 Å². The van der Waals surface area contributed by atoms with Gasteiger partial charge in [-0.1, -0.05) is 0 Å². The van der Waals surface area contributed by atoms with Crippen LogP contribution in [0.3, 0.4) is 0 Å². The molecule has 4 nitrogen and oxygen atoms in total. The van der Waals surface area contributed by atoms with E-state index in [-0.39, 0.29) is 5.75 Å². The molecule has 4 N–H and O–H groups in total. The number of primary amides is 1. The largest absolute Gasteiger partial charge is 0.368 e. The smallest absolute Gasteiger partial charge is 0.235 e. The van der Waals surface area contributed by atoms with Gasteiger partial charge in [-0.2, -0.15) is 0 Å². The number of carbonyl (C=O) groups is 1. The van der Waals surface area contributed by atoms with Crippen molar-refractivity contribution in [3.8, 4) is 0 Å². The maximum atomic E-state index is 12.5. The highest BCUT2D eigenvalue weighted by molar-refractivity contribution is 7.85. The molecule has 1 amide bonds. The third kappa shape index (κ3) is 3.41. The van der Waals surface area contributed by atoms with E-state index >= 15 is 0 Å². The van der Waals surface area contributed by atoms with Gasteiger partial charge in [0.15, 0.2) is 0 Å². The molecule has 0 spiro atoms. The van der Waals surface area contributed by atoms with Crippen LogP contribution in [0.15, 0.2) is 29.2 Å². The molecular formula is C9H11FN2O2S. The Balaban J connectivity index is 2.69. The molecular weight excluding hydrogens is 219 g/mol. The number of amides is 1. The molecule has 0 aliphatic carbocycles. The third-order valence-corrected chi connectivity index (χ3v) is 3.23. The van der Waals surface area contributed by atoms with Gasteiger partial charge in [-0.25, -0.2) is 4.39 Å². The summed E-state index contributed by atoms with van der Waals surface area (Å²) in [6.45, 7) is 0. The van der Waals surface area contributed by atoms with E-state index in [1.54, 1.807) is 0 Å². The second-order valence-corrected chi connectivity index (χ2v) is 4.47. The highest BCUT2D eigenvalue weighted by Gasteiger charge is 2.14. The lowest BCUT2D eigenvalue weighted by Crippen LogP contribution is -2.40. The van der Waals surface area contributed by atoms with Gasteiger partial charge in [0, 0.05) is 4.90 Å². The van der Waals surface area contributed by atoms with Gasteiger partial charge in [-0.15, -0.1) is 0 Å². The molecule has 0 aliphatic heterocycles. The first-order valence-corrected chi connectivity index (χ1v) is 5.51. The molecule has 2 atom stereocenters. The number of carbonyl (C=O) groups excluding carboxylic acids is 1. The Morgan fingerprint density at radius 3 is 2.40 bits per heavy atom. The molecule has 0 aromatic heterocycles. The molecule has 6 heteroatoms. The molecule has 0 fully saturated rings. The minimum atomic E-state index is -1.43. The van der Waals surface area contributed by atoms with Crippen LogP contribution in [0.4, 0.5) is 4.39 Å². The summed E-state index contributed by atoms with van der Waals surface area (Å²) in [4.78, 5) is 11.0. The Kier molecular flexibility index (Phi) is 3.93. The molecule has 0 bridgehead atoms. The van der Waals surface area contributed by atoms with Crippen molar-refractivity contribution in [1.29, 1.82) is 0 Å². The number of hydrogen-bond acceptors (Lipinski definition) is 3. The normalized spacial score (nSPS) is 14.5. The Morgan fingerprint density at radius 1 is 1.40 bits per heavy atom. The summed E-state index contributed by atoms with van der Waals surface area (Å²) in [6.07, 6.45) is 0. The molecule has 1 aromatic rings. The first kappa shape index (κ1) is 11.8. The molecule has 2 unspecified atom stereocenters. The number of halogens is 1. The maximum Gasteiger partial charge on any atom is 0.235 e. The SMILES string of the molecule is NC(=O)C(N)CS(=O)c1ccc(F)cc1. The quantitative estimate of drug-likeness (QED) is 0.747. The summed E-state index contributed by atoms with van der Waals surface area (Å²) in [5.74, 6) is -1.17. The van der Waals surface area contributed by atoms with E-state index in [2.05, 4.69) is 0 Å². The van der Waals surface area contributed by atoms with Gasteiger partial charge in [0.25, 0.3) is 0 Å². The first-order valence-electron chi connectivity index (χ1n) is 4.19. The van der Waals surface area contributed by atoms with E-state index < -0.39 is 28.6 Å². The van der Waals surface area contributed by atoms with Crippen LogP contribution in [0.1, 0.15) is 0 Å². The lowest BCUT2D eigenvalue weighted by atomic mass is 10.3. The topological polar surface area (TPSA) is 86.2 Å². The van der Waals surface area contributed by atoms with Gasteiger partial charge in [0.05, 0.1) is 22.6 Å². The zero-order valence-corrected chi connectivity index (χ0v) is 8.67. The van der Waals surface area contributed by atoms with Gasteiger partial charge < -0.3 is 11.5 Å². The zero-order chi connectivity index (χ0) is 11.4. The molecule has 15 heavy (non-hydrogen) atoms. The minimum absolute atomic E-state index is 0.0546. The molecule has 82 valence electrons. The van der Waals surface area contributed by atoms with Crippen LogP contribution in [-0.2, 0) is 15.6 Å². The number of benzene rings is 1. The lowest BCUT2D eigenvalue weighted by Gasteiger charge is -2.06. The van der Waals surface area contributed by atoms with Gasteiger partial charge >= 0.3 is 0 Å². The summed E-state index contributed by atoms with van der Waals surface area (Å²) in [5.41, 5.74) is 10.3. The maximum absolute atomic E-state index is 12.5. The first-order chi connectivity index (χ1) is 7.00. The molecule has 0 saturated heterocycles. The summed E-state index contributed by atoms with van der Waals surface area (Å²) < 4.78 is 24.1. The second kappa shape index (κ2) is 4.99. The standard InChI is InChI=1S/C9H11FN2O2S/c10-6-1-3-7(4-2-6)15(14)5-8(11)9(12)13/h1-4,8H,5,11H2,(H2,12,13). The van der Waals surface area contributed by atoms with Crippen LogP contribution in [0.5, 0.6) is 0 Å². The molecule has 1 aromatic carbocycles. The molecule has 1 rings (SSSR count). The Labute approximate surface area is 88.9 Å². The summed E-state index contributed by atoms with van der Waals surface area (Å²) in [5, 5.41) is 0. The van der Waals surface area contributed by atoms with Crippen molar-refractivity contribution in [1.82, 2.24) is 0 Å². The number of rotatable bonds is 4. The van der Waals surface area contributed by atoms with Crippen LogP contribution in [0, 0.1) is 5.82 Å². The predicted octanol–water partition coefficient (Wildman–Crippen LogP) is -0.254. The third-order valence-electron chi connectivity index (χ3n) is 1.77. The van der Waals surface area contributed by atoms with Crippen LogP contribution >= 0.6 is 0 Å². The van der Waals surface area contributed by atoms with Gasteiger partial charge in [-0.05, 0) is 24.3 Å². The summed E-state index contributed by atoms with van der Waals surface area (Å²) >= 11 is 0. The van der Waals surface area contributed by atoms with Crippen molar-refractivity contribution in [2.24, 2.45) is 11.5 Å². The lowest BCUT2D eigenvalue weighted by molar-refractivity contribution is -0.118. The predicted molar refractivity (Wildman–Crippen MR) is 54.8 cm³/mol. The average Bonchev–Trinajstić information content (AvgIpc) is 2.18. The van der Waals surface area contributed by atoms with Crippen molar-refractivity contribution in [2.45, 2.75) is 10.9 Å². The van der Waals surface area contributed by atoms with Crippen LogP contribution < -0.4 is 11.5 Å². The van der Waals surface area contributed by atoms with Crippen molar-refractivity contribution < 1.29 is 13.4 Å². The van der Waals surface area contributed by atoms with Crippen LogP contribution in [-0.4, -0.2) is 21.9 Å². The number of hydrogen-bond donors (Lipinski definition) is 2. The van der Waals surface area contributed by atoms with Crippen molar-refractivity contribution >= 4 is 16.7 Å². The van der Waals surface area contributed by atoms with Gasteiger partial charge in [0.1, 0.15) is 5.82 Å². The number of nitrogens with two attached hydrogens (primary N) is 2. The summed E-state index contributed by atoms with van der Waals surface area (Å²) in [7, 11) is -1.43. The Bertz CT molecular complexity index is 380. The van der Waals surface area contributed by atoms with E-state index in [1.165, 1.54) is 24.3 Å². The highest BCUT2D eigenvalue weighted by atomic mass is 32.2. The van der Waals surface area contributed by atoms with E-state index in [0.717, 1.165) is 0 Å². The van der Waals surface area contributed by atoms with Crippen LogP contribution in [0.25, 0.3) is 0 Å². The van der Waals surface area contributed by atoms with Gasteiger partial charge in [0.2, 0.25) is 5.91 Å². The fourth-order valence-corrected chi connectivity index (χ4v) is 2.05. The summed E-state index contributed by atoms with van der Waals surface area (Å²) in [6, 6.07) is 4.22. The Hall–Kier alpha value is -1.27. The van der Waals surface area contributed by atoms with Crippen molar-refractivity contribution in [3.63, 3.8) is 0 Å². The van der Waals surface area contributed by atoms with E-state index in [1.807, 2.05) is 0 Å². The van der Waals surface area contributed by atoms with E-state index in [9.17, 15) is 13.4 Å². The highest BCUT2D eigenvalue weighted by Crippen LogP contribution is 2.08. The van der Waals surface area contributed by atoms with Crippen LogP contribution in [0.2, 0.25) is 0 Å². The monoisotopic (exact) mass is 230 g/mol. The molecule has 0 saturated carbocycles. The van der Waals surface area contributed by atoms with Crippen molar-refractivity contribution in [2.75, 3.05) is 5.75 Å². The fraction of sp³-hybridized carbons (Fsp3) is 0.222. The van der Waals surface area contributed by atoms with E-state index in [0.29, 0.717) is 4.90 Å². The minimum Gasteiger partial charge on any atom is -0.368 e. The Morgan fingerprint density at radius 2 is 1.93 bits per heavy atom. The fourth-order valence-electron chi connectivity index (χ4n) is 0.928. The molecule has 0 aliphatic rings. The van der Waals surface area contributed by atoms with Gasteiger partial charge in [-0.3, -0.25) is 9.00 Å². The zero-order valence-electron chi connectivity index (χ0n) is 7.85. The second-order valence-electron chi connectivity index (χ2n) is 2.97. The van der Waals surface area contributed by atoms with Crippen molar-refractivity contribution in [3.05, 3.63) is 30.1 Å².